The largest absolute Gasteiger partial charge is 0.493 e. The van der Waals surface area contributed by atoms with Crippen LogP contribution < -0.4 is 4.74 Å². The van der Waals surface area contributed by atoms with Crippen LogP contribution in [0.25, 0.3) is 0 Å². The van der Waals surface area contributed by atoms with Crippen molar-refractivity contribution in [3.8, 4) is 5.75 Å². The van der Waals surface area contributed by atoms with Gasteiger partial charge in [-0.25, -0.2) is 0 Å². The number of hydrogen-bond acceptors (Lipinski definition) is 2. The van der Waals surface area contributed by atoms with E-state index in [0.717, 1.165) is 30.1 Å². The number of ether oxygens (including phenoxy) is 1. The van der Waals surface area contributed by atoms with E-state index >= 15 is 0 Å². The van der Waals surface area contributed by atoms with E-state index in [-0.39, 0.29) is 11.7 Å². The Bertz CT molecular complexity index is 425. The number of para-hydroxylation sites is 1. The lowest BCUT2D eigenvalue weighted by molar-refractivity contribution is 0.0858. The second-order valence-electron chi connectivity index (χ2n) is 5.43. The molecule has 2 nitrogen and oxygen atoms in total. The zero-order chi connectivity index (χ0) is 13.7. The Morgan fingerprint density at radius 1 is 1.26 bits per heavy atom. The lowest BCUT2D eigenvalue weighted by Gasteiger charge is -2.27. The van der Waals surface area contributed by atoms with Crippen LogP contribution in [-0.2, 0) is 0 Å². The summed E-state index contributed by atoms with van der Waals surface area (Å²) < 4.78 is 5.58. The van der Waals surface area contributed by atoms with Gasteiger partial charge in [0.15, 0.2) is 5.78 Å². The maximum Gasteiger partial charge on any atom is 0.169 e. The minimum absolute atomic E-state index is 0.195. The zero-order valence-corrected chi connectivity index (χ0v) is 12.0. The summed E-state index contributed by atoms with van der Waals surface area (Å²) in [5.74, 6) is 1.94. The summed E-state index contributed by atoms with van der Waals surface area (Å²) in [4.78, 5) is 12.7. The number of benzene rings is 1. The van der Waals surface area contributed by atoms with Gasteiger partial charge in [-0.15, -0.1) is 0 Å². The molecule has 2 atom stereocenters. The SMILES string of the molecule is CCOc1ccccc1C(=O)C1CCCC(CC)C1. The van der Waals surface area contributed by atoms with Crippen molar-refractivity contribution in [1.29, 1.82) is 0 Å². The fourth-order valence-corrected chi connectivity index (χ4v) is 3.07. The van der Waals surface area contributed by atoms with Crippen LogP contribution in [0.1, 0.15) is 56.3 Å². The van der Waals surface area contributed by atoms with Gasteiger partial charge >= 0.3 is 0 Å². The Hall–Kier alpha value is -1.31. The fourth-order valence-electron chi connectivity index (χ4n) is 3.07. The predicted molar refractivity (Wildman–Crippen MR) is 77.7 cm³/mol. The van der Waals surface area contributed by atoms with Crippen molar-refractivity contribution in [2.45, 2.75) is 46.0 Å². The van der Waals surface area contributed by atoms with E-state index in [2.05, 4.69) is 6.92 Å². The van der Waals surface area contributed by atoms with E-state index in [1.807, 2.05) is 31.2 Å². The van der Waals surface area contributed by atoms with E-state index < -0.39 is 0 Å². The molecular formula is C17H24O2. The molecule has 1 fully saturated rings. The molecule has 0 bridgehead atoms. The van der Waals surface area contributed by atoms with E-state index in [1.165, 1.54) is 19.3 Å². The molecule has 0 aromatic heterocycles. The van der Waals surface area contributed by atoms with Gasteiger partial charge in [0.25, 0.3) is 0 Å². The van der Waals surface area contributed by atoms with E-state index in [1.54, 1.807) is 0 Å². The Morgan fingerprint density at radius 3 is 2.79 bits per heavy atom. The number of carbonyl (C=O) groups excluding carboxylic acids is 1. The van der Waals surface area contributed by atoms with Gasteiger partial charge in [0.2, 0.25) is 0 Å². The third-order valence-electron chi connectivity index (χ3n) is 4.18. The minimum Gasteiger partial charge on any atom is -0.493 e. The highest BCUT2D eigenvalue weighted by atomic mass is 16.5. The summed E-state index contributed by atoms with van der Waals surface area (Å²) in [6, 6.07) is 7.66. The summed E-state index contributed by atoms with van der Waals surface area (Å²) in [6.07, 6.45) is 5.75. The van der Waals surface area contributed by atoms with Crippen molar-refractivity contribution in [3.05, 3.63) is 29.8 Å². The van der Waals surface area contributed by atoms with Gasteiger partial charge in [0, 0.05) is 5.92 Å². The molecule has 0 spiro atoms. The van der Waals surface area contributed by atoms with Crippen molar-refractivity contribution in [2.75, 3.05) is 6.61 Å². The van der Waals surface area contributed by atoms with Gasteiger partial charge in [-0.3, -0.25) is 4.79 Å². The lowest BCUT2D eigenvalue weighted by atomic mass is 9.77. The molecule has 1 aromatic carbocycles. The second-order valence-corrected chi connectivity index (χ2v) is 5.43. The summed E-state index contributed by atoms with van der Waals surface area (Å²) in [5.41, 5.74) is 0.770. The number of carbonyl (C=O) groups is 1. The van der Waals surface area contributed by atoms with Gasteiger partial charge in [-0.1, -0.05) is 38.3 Å². The number of hydrogen-bond donors (Lipinski definition) is 0. The van der Waals surface area contributed by atoms with Crippen LogP contribution >= 0.6 is 0 Å². The molecule has 0 aliphatic heterocycles. The van der Waals surface area contributed by atoms with Crippen molar-refractivity contribution in [3.63, 3.8) is 0 Å². The number of Topliss-reactive ketones (excluding diaryl/α,β-unsaturated/α-hetero) is 1. The molecule has 2 rings (SSSR count). The van der Waals surface area contributed by atoms with E-state index in [0.29, 0.717) is 6.61 Å². The predicted octanol–water partition coefficient (Wildman–Crippen LogP) is 4.48. The quantitative estimate of drug-likeness (QED) is 0.729. The van der Waals surface area contributed by atoms with Crippen molar-refractivity contribution < 1.29 is 9.53 Å². The first-order chi connectivity index (χ1) is 9.26. The Balaban J connectivity index is 2.14. The van der Waals surface area contributed by atoms with Gasteiger partial charge in [0.1, 0.15) is 5.75 Å². The first-order valence-corrected chi connectivity index (χ1v) is 7.52. The van der Waals surface area contributed by atoms with Crippen LogP contribution in [0.5, 0.6) is 5.75 Å². The average Bonchev–Trinajstić information content (AvgIpc) is 2.47. The molecule has 1 aliphatic rings. The van der Waals surface area contributed by atoms with Gasteiger partial charge in [-0.05, 0) is 37.8 Å². The normalized spacial score (nSPS) is 23.1. The monoisotopic (exact) mass is 260 g/mol. The summed E-state index contributed by atoms with van der Waals surface area (Å²) in [5, 5.41) is 0. The van der Waals surface area contributed by atoms with Gasteiger partial charge in [-0.2, -0.15) is 0 Å². The molecule has 2 heteroatoms. The third kappa shape index (κ3) is 3.37. The number of ketones is 1. The maximum absolute atomic E-state index is 12.7. The Labute approximate surface area is 116 Å². The Morgan fingerprint density at radius 2 is 2.05 bits per heavy atom. The van der Waals surface area contributed by atoms with Crippen LogP contribution in [-0.4, -0.2) is 12.4 Å². The van der Waals surface area contributed by atoms with Gasteiger partial charge in [0.05, 0.1) is 12.2 Å². The van der Waals surface area contributed by atoms with Crippen LogP contribution in [0.15, 0.2) is 24.3 Å². The molecular weight excluding hydrogens is 236 g/mol. The topological polar surface area (TPSA) is 26.3 Å². The molecule has 1 aromatic rings. The van der Waals surface area contributed by atoms with Gasteiger partial charge < -0.3 is 4.74 Å². The minimum atomic E-state index is 0.195. The van der Waals surface area contributed by atoms with Crippen molar-refractivity contribution >= 4 is 5.78 Å². The first kappa shape index (κ1) is 14.1. The number of rotatable bonds is 5. The lowest BCUT2D eigenvalue weighted by Crippen LogP contribution is -2.23. The van der Waals surface area contributed by atoms with Crippen LogP contribution in [0.3, 0.4) is 0 Å². The molecule has 0 heterocycles. The average molecular weight is 260 g/mol. The van der Waals surface area contributed by atoms with Crippen molar-refractivity contribution in [1.82, 2.24) is 0 Å². The molecule has 0 saturated heterocycles. The Kier molecular flexibility index (Phi) is 5.00. The maximum atomic E-state index is 12.7. The second kappa shape index (κ2) is 6.74. The molecule has 0 radical (unpaired) electrons. The molecule has 1 aliphatic carbocycles. The standard InChI is InChI=1S/C17H24O2/c1-3-13-8-7-9-14(12-13)17(18)15-10-5-6-11-16(15)19-4-2/h5-6,10-11,13-14H,3-4,7-9,12H2,1-2H3. The molecule has 104 valence electrons. The first-order valence-electron chi connectivity index (χ1n) is 7.52. The third-order valence-corrected chi connectivity index (χ3v) is 4.18. The molecule has 0 N–H and O–H groups in total. The van der Waals surface area contributed by atoms with E-state index in [9.17, 15) is 4.79 Å². The molecule has 1 saturated carbocycles. The zero-order valence-electron chi connectivity index (χ0n) is 12.0. The molecule has 19 heavy (non-hydrogen) atoms. The highest BCUT2D eigenvalue weighted by molar-refractivity contribution is 6.00. The van der Waals surface area contributed by atoms with Crippen molar-refractivity contribution in [2.24, 2.45) is 11.8 Å². The fraction of sp³-hybridized carbons (Fsp3) is 0.588. The smallest absolute Gasteiger partial charge is 0.169 e. The summed E-state index contributed by atoms with van der Waals surface area (Å²) in [6.45, 7) is 4.78. The summed E-state index contributed by atoms with van der Waals surface area (Å²) in [7, 11) is 0. The van der Waals surface area contributed by atoms with Crippen LogP contribution in [0.2, 0.25) is 0 Å². The van der Waals surface area contributed by atoms with Crippen LogP contribution in [0.4, 0.5) is 0 Å². The van der Waals surface area contributed by atoms with Crippen LogP contribution in [0, 0.1) is 11.8 Å². The molecule has 2 unspecified atom stereocenters. The molecule has 0 amide bonds. The summed E-state index contributed by atoms with van der Waals surface area (Å²) >= 11 is 0. The highest BCUT2D eigenvalue weighted by Gasteiger charge is 2.28. The highest BCUT2D eigenvalue weighted by Crippen LogP contribution is 2.34. The van der Waals surface area contributed by atoms with E-state index in [4.69, 9.17) is 4.74 Å².